The summed E-state index contributed by atoms with van der Waals surface area (Å²) in [5, 5.41) is 0.675. The van der Waals surface area contributed by atoms with E-state index in [1.54, 1.807) is 0 Å². The van der Waals surface area contributed by atoms with Gasteiger partial charge in [0.2, 0.25) is 5.28 Å². The van der Waals surface area contributed by atoms with Crippen LogP contribution in [0.4, 0.5) is 4.39 Å². The molecule has 2 aromatic rings. The topological polar surface area (TPSA) is 35.0 Å². The van der Waals surface area contributed by atoms with E-state index < -0.39 is 0 Å². The summed E-state index contributed by atoms with van der Waals surface area (Å²) in [5.74, 6) is -0.0374. The maximum absolute atomic E-state index is 13.0. The molecule has 1 heterocycles. The number of hydrogen-bond donors (Lipinski definition) is 0. The Morgan fingerprint density at radius 1 is 1.43 bits per heavy atom. The van der Waals surface area contributed by atoms with E-state index in [-0.39, 0.29) is 11.1 Å². The number of methoxy groups -OCH3 is 1. The van der Waals surface area contributed by atoms with Crippen LogP contribution in [0.15, 0.2) is 18.3 Å². The minimum atomic E-state index is -0.389. The Balaban J connectivity index is 2.81. The predicted octanol–water partition coefficient (Wildman–Crippen LogP) is 2.43. The van der Waals surface area contributed by atoms with E-state index >= 15 is 0 Å². The van der Waals surface area contributed by atoms with E-state index in [4.69, 9.17) is 16.3 Å². The number of nitrogens with zero attached hydrogens (tertiary/aromatic N) is 2. The Labute approximate surface area is 84.5 Å². The fourth-order valence-corrected chi connectivity index (χ4v) is 1.35. The molecule has 1 aromatic heterocycles. The Bertz CT molecular complexity index is 489. The van der Waals surface area contributed by atoms with Gasteiger partial charge in [0.15, 0.2) is 0 Å². The van der Waals surface area contributed by atoms with Crippen molar-refractivity contribution in [3.05, 3.63) is 29.4 Å². The van der Waals surface area contributed by atoms with Gasteiger partial charge in [0.05, 0.1) is 7.11 Å². The summed E-state index contributed by atoms with van der Waals surface area (Å²) in [6.45, 7) is 0. The first kappa shape index (κ1) is 9.15. The number of ether oxygens (including phenoxy) is 1. The number of benzene rings is 1. The zero-order valence-corrected chi connectivity index (χ0v) is 8.05. The predicted molar refractivity (Wildman–Crippen MR) is 51.1 cm³/mol. The standard InChI is InChI=1S/C9H6ClFN2O/c1-14-7-3-6(11)2-5-4-12-9(10)13-8(5)7/h2-4H,1H3. The Morgan fingerprint density at radius 2 is 2.21 bits per heavy atom. The van der Waals surface area contributed by atoms with Crippen molar-refractivity contribution in [2.75, 3.05) is 7.11 Å². The number of hydrogen-bond acceptors (Lipinski definition) is 3. The molecule has 0 radical (unpaired) electrons. The van der Waals surface area contributed by atoms with Crippen molar-refractivity contribution in [1.82, 2.24) is 9.97 Å². The molecule has 0 aliphatic heterocycles. The Morgan fingerprint density at radius 3 is 2.93 bits per heavy atom. The molecule has 0 bridgehead atoms. The van der Waals surface area contributed by atoms with Crippen LogP contribution in [0.2, 0.25) is 5.28 Å². The van der Waals surface area contributed by atoms with E-state index in [0.29, 0.717) is 16.7 Å². The van der Waals surface area contributed by atoms with Crippen molar-refractivity contribution >= 4 is 22.5 Å². The summed E-state index contributed by atoms with van der Waals surface area (Å²) in [4.78, 5) is 7.71. The second-order valence-electron chi connectivity index (χ2n) is 2.68. The molecule has 0 aliphatic carbocycles. The molecule has 0 spiro atoms. The van der Waals surface area contributed by atoms with Gasteiger partial charge in [0.1, 0.15) is 17.1 Å². The molecular weight excluding hydrogens is 207 g/mol. The van der Waals surface area contributed by atoms with Gasteiger partial charge in [0, 0.05) is 17.6 Å². The first-order chi connectivity index (χ1) is 6.70. The van der Waals surface area contributed by atoms with Crippen molar-refractivity contribution in [3.63, 3.8) is 0 Å². The van der Waals surface area contributed by atoms with Gasteiger partial charge in [-0.15, -0.1) is 0 Å². The maximum atomic E-state index is 13.0. The molecule has 0 saturated carbocycles. The molecule has 0 unspecified atom stereocenters. The van der Waals surface area contributed by atoms with Crippen LogP contribution in [0.1, 0.15) is 0 Å². The maximum Gasteiger partial charge on any atom is 0.223 e. The lowest BCUT2D eigenvalue weighted by atomic mass is 10.2. The van der Waals surface area contributed by atoms with Gasteiger partial charge in [0.25, 0.3) is 0 Å². The molecule has 0 aliphatic rings. The van der Waals surface area contributed by atoms with Gasteiger partial charge in [-0.1, -0.05) is 0 Å². The molecule has 0 saturated heterocycles. The lowest BCUT2D eigenvalue weighted by Gasteiger charge is -2.04. The van der Waals surface area contributed by atoms with Crippen LogP contribution < -0.4 is 4.74 Å². The number of halogens is 2. The highest BCUT2D eigenvalue weighted by atomic mass is 35.5. The van der Waals surface area contributed by atoms with Crippen molar-refractivity contribution in [3.8, 4) is 5.75 Å². The molecule has 72 valence electrons. The molecule has 0 amide bonds. The summed E-state index contributed by atoms with van der Waals surface area (Å²) in [6.07, 6.45) is 1.45. The minimum Gasteiger partial charge on any atom is -0.494 e. The fraction of sp³-hybridized carbons (Fsp3) is 0.111. The van der Waals surface area contributed by atoms with Crippen LogP contribution in [0, 0.1) is 5.82 Å². The van der Waals surface area contributed by atoms with Crippen LogP contribution >= 0.6 is 11.6 Å². The van der Waals surface area contributed by atoms with Crippen LogP contribution in [-0.2, 0) is 0 Å². The molecule has 3 nitrogen and oxygen atoms in total. The highest BCUT2D eigenvalue weighted by Crippen LogP contribution is 2.25. The highest BCUT2D eigenvalue weighted by molar-refractivity contribution is 6.28. The van der Waals surface area contributed by atoms with Gasteiger partial charge in [-0.2, -0.15) is 0 Å². The molecule has 0 N–H and O–H groups in total. The monoisotopic (exact) mass is 212 g/mol. The number of rotatable bonds is 1. The van der Waals surface area contributed by atoms with E-state index in [1.165, 1.54) is 25.4 Å². The smallest absolute Gasteiger partial charge is 0.223 e. The summed E-state index contributed by atoms with van der Waals surface area (Å²) >= 11 is 5.62. The van der Waals surface area contributed by atoms with E-state index in [2.05, 4.69) is 9.97 Å². The summed E-state index contributed by atoms with van der Waals surface area (Å²) in [6, 6.07) is 2.58. The minimum absolute atomic E-state index is 0.113. The molecule has 1 aromatic carbocycles. The Hall–Kier alpha value is -1.42. The van der Waals surface area contributed by atoms with E-state index in [9.17, 15) is 4.39 Å². The average Bonchev–Trinajstić information content (AvgIpc) is 2.17. The van der Waals surface area contributed by atoms with E-state index in [0.717, 1.165) is 0 Å². The van der Waals surface area contributed by atoms with Gasteiger partial charge in [-0.05, 0) is 17.7 Å². The van der Waals surface area contributed by atoms with Gasteiger partial charge < -0.3 is 4.74 Å². The normalized spacial score (nSPS) is 10.5. The molecular formula is C9H6ClFN2O. The fourth-order valence-electron chi connectivity index (χ4n) is 1.21. The SMILES string of the molecule is COc1cc(F)cc2cnc(Cl)nc12. The zero-order valence-electron chi connectivity index (χ0n) is 7.29. The summed E-state index contributed by atoms with van der Waals surface area (Å²) in [7, 11) is 1.45. The van der Waals surface area contributed by atoms with Crippen LogP contribution in [-0.4, -0.2) is 17.1 Å². The summed E-state index contributed by atoms with van der Waals surface area (Å²) in [5.41, 5.74) is 0.508. The third-order valence-corrected chi connectivity index (χ3v) is 1.99. The number of aromatic nitrogens is 2. The summed E-state index contributed by atoms with van der Waals surface area (Å²) < 4.78 is 18.0. The third kappa shape index (κ3) is 1.48. The van der Waals surface area contributed by atoms with Crippen molar-refractivity contribution in [2.24, 2.45) is 0 Å². The third-order valence-electron chi connectivity index (χ3n) is 1.80. The van der Waals surface area contributed by atoms with Crippen molar-refractivity contribution in [1.29, 1.82) is 0 Å². The first-order valence-electron chi connectivity index (χ1n) is 3.86. The van der Waals surface area contributed by atoms with Crippen LogP contribution in [0.3, 0.4) is 0 Å². The first-order valence-corrected chi connectivity index (χ1v) is 4.24. The van der Waals surface area contributed by atoms with Gasteiger partial charge in [-0.3, -0.25) is 0 Å². The highest BCUT2D eigenvalue weighted by Gasteiger charge is 2.06. The largest absolute Gasteiger partial charge is 0.494 e. The molecule has 0 fully saturated rings. The Kier molecular flexibility index (Phi) is 2.21. The van der Waals surface area contributed by atoms with Crippen LogP contribution in [0.25, 0.3) is 10.9 Å². The second-order valence-corrected chi connectivity index (χ2v) is 3.02. The lowest BCUT2D eigenvalue weighted by Crippen LogP contribution is -1.91. The molecule has 14 heavy (non-hydrogen) atoms. The van der Waals surface area contributed by atoms with Crippen molar-refractivity contribution < 1.29 is 9.13 Å². The molecule has 5 heteroatoms. The lowest BCUT2D eigenvalue weighted by molar-refractivity contribution is 0.415. The number of fused-ring (bicyclic) bond motifs is 1. The molecule has 2 rings (SSSR count). The van der Waals surface area contributed by atoms with E-state index in [1.807, 2.05) is 0 Å². The van der Waals surface area contributed by atoms with Crippen LogP contribution in [0.5, 0.6) is 5.75 Å². The zero-order chi connectivity index (χ0) is 10.1. The second kappa shape index (κ2) is 3.38. The van der Waals surface area contributed by atoms with Gasteiger partial charge >= 0.3 is 0 Å². The molecule has 0 atom stereocenters. The van der Waals surface area contributed by atoms with Gasteiger partial charge in [-0.25, -0.2) is 14.4 Å². The quantitative estimate of drug-likeness (QED) is 0.681. The van der Waals surface area contributed by atoms with Crippen molar-refractivity contribution in [2.45, 2.75) is 0 Å². The average molecular weight is 213 g/mol.